The lowest BCUT2D eigenvalue weighted by Gasteiger charge is -2.18. The zero-order valence-corrected chi connectivity index (χ0v) is 12.3. The predicted octanol–water partition coefficient (Wildman–Crippen LogP) is 4.40. The van der Waals surface area contributed by atoms with Crippen LogP contribution < -0.4 is 5.32 Å². The van der Waals surface area contributed by atoms with E-state index in [2.05, 4.69) is 50.4 Å². The highest BCUT2D eigenvalue weighted by Crippen LogP contribution is 2.42. The van der Waals surface area contributed by atoms with Gasteiger partial charge in [0.25, 0.3) is 0 Å². The second-order valence-corrected chi connectivity index (χ2v) is 6.76. The molecule has 0 saturated heterocycles. The summed E-state index contributed by atoms with van der Waals surface area (Å²) in [5.41, 5.74) is 2.55. The Morgan fingerprint density at radius 1 is 1.21 bits per heavy atom. The van der Waals surface area contributed by atoms with Crippen LogP contribution in [0.4, 0.5) is 0 Å². The van der Waals surface area contributed by atoms with Crippen molar-refractivity contribution >= 4 is 11.0 Å². The quantitative estimate of drug-likeness (QED) is 0.881. The van der Waals surface area contributed by atoms with Crippen molar-refractivity contribution in [1.82, 2.24) is 5.32 Å². The van der Waals surface area contributed by atoms with E-state index < -0.39 is 0 Å². The average molecular weight is 257 g/mol. The Morgan fingerprint density at radius 2 is 1.95 bits per heavy atom. The Kier molecular flexibility index (Phi) is 2.94. The van der Waals surface area contributed by atoms with Crippen molar-refractivity contribution in [3.8, 4) is 0 Å². The van der Waals surface area contributed by atoms with Crippen LogP contribution in [-0.4, -0.2) is 7.05 Å². The van der Waals surface area contributed by atoms with Gasteiger partial charge in [0.15, 0.2) is 0 Å². The molecule has 1 atom stereocenters. The fourth-order valence-corrected chi connectivity index (χ4v) is 2.72. The van der Waals surface area contributed by atoms with Crippen LogP contribution in [0.2, 0.25) is 0 Å². The molecule has 2 heteroatoms. The van der Waals surface area contributed by atoms with Crippen LogP contribution in [0, 0.1) is 5.92 Å². The van der Waals surface area contributed by atoms with Crippen molar-refractivity contribution in [3.05, 3.63) is 35.6 Å². The molecule has 1 aromatic heterocycles. The molecule has 0 bridgehead atoms. The number of fused-ring (bicyclic) bond motifs is 1. The van der Waals surface area contributed by atoms with Gasteiger partial charge in [-0.1, -0.05) is 26.8 Å². The first-order valence-corrected chi connectivity index (χ1v) is 7.20. The maximum atomic E-state index is 6.03. The Hall–Kier alpha value is -1.28. The lowest BCUT2D eigenvalue weighted by molar-refractivity contribution is 0.419. The minimum Gasteiger partial charge on any atom is -0.459 e. The second-order valence-electron chi connectivity index (χ2n) is 6.76. The van der Waals surface area contributed by atoms with E-state index in [9.17, 15) is 0 Å². The van der Waals surface area contributed by atoms with Crippen molar-refractivity contribution in [2.75, 3.05) is 7.05 Å². The maximum Gasteiger partial charge on any atom is 0.134 e. The third-order valence-corrected chi connectivity index (χ3v) is 4.11. The van der Waals surface area contributed by atoms with E-state index in [1.54, 1.807) is 0 Å². The molecule has 2 aromatic rings. The molecule has 19 heavy (non-hydrogen) atoms. The number of nitrogens with one attached hydrogen (secondary N) is 1. The summed E-state index contributed by atoms with van der Waals surface area (Å²) in [4.78, 5) is 0. The van der Waals surface area contributed by atoms with Gasteiger partial charge >= 0.3 is 0 Å². The van der Waals surface area contributed by atoms with Crippen LogP contribution in [0.1, 0.15) is 51.0 Å². The van der Waals surface area contributed by atoms with E-state index in [1.165, 1.54) is 23.8 Å². The van der Waals surface area contributed by atoms with E-state index in [4.69, 9.17) is 4.42 Å². The number of hydrogen-bond donors (Lipinski definition) is 1. The highest BCUT2D eigenvalue weighted by atomic mass is 16.3. The first-order valence-electron chi connectivity index (χ1n) is 7.20. The van der Waals surface area contributed by atoms with Gasteiger partial charge in [-0.15, -0.1) is 0 Å². The summed E-state index contributed by atoms with van der Waals surface area (Å²) in [5.74, 6) is 1.85. The molecule has 1 N–H and O–H groups in total. The van der Waals surface area contributed by atoms with Gasteiger partial charge in [-0.25, -0.2) is 0 Å². The Labute approximate surface area is 115 Å². The summed E-state index contributed by atoms with van der Waals surface area (Å²) in [6, 6.07) is 9.15. The molecule has 0 amide bonds. The highest BCUT2D eigenvalue weighted by Gasteiger charge is 2.33. The van der Waals surface area contributed by atoms with Crippen molar-refractivity contribution < 1.29 is 4.42 Å². The third-order valence-electron chi connectivity index (χ3n) is 4.11. The molecule has 3 rings (SSSR count). The number of rotatable bonds is 3. The molecule has 102 valence electrons. The molecule has 1 heterocycles. The summed E-state index contributed by atoms with van der Waals surface area (Å²) >= 11 is 0. The number of hydrogen-bond acceptors (Lipinski definition) is 2. The Balaban J connectivity index is 2.00. The second kappa shape index (κ2) is 4.38. The first kappa shape index (κ1) is 12.7. The Morgan fingerprint density at radius 3 is 2.53 bits per heavy atom. The molecule has 1 fully saturated rings. The van der Waals surface area contributed by atoms with E-state index in [-0.39, 0.29) is 5.41 Å². The van der Waals surface area contributed by atoms with Crippen LogP contribution in [0.3, 0.4) is 0 Å². The number of furan rings is 1. The van der Waals surface area contributed by atoms with Gasteiger partial charge in [0, 0.05) is 5.39 Å². The highest BCUT2D eigenvalue weighted by molar-refractivity contribution is 5.79. The van der Waals surface area contributed by atoms with Gasteiger partial charge in [-0.2, -0.15) is 0 Å². The summed E-state index contributed by atoms with van der Waals surface area (Å²) in [6.07, 6.45) is 2.63. The zero-order valence-electron chi connectivity index (χ0n) is 12.3. The van der Waals surface area contributed by atoms with Crippen molar-refractivity contribution in [1.29, 1.82) is 0 Å². The SMILES string of the molecule is CNC(c1cc2cc(C(C)(C)C)ccc2o1)C1CC1. The topological polar surface area (TPSA) is 25.2 Å². The molecule has 1 unspecified atom stereocenters. The van der Waals surface area contributed by atoms with Gasteiger partial charge < -0.3 is 9.73 Å². The van der Waals surface area contributed by atoms with Crippen LogP contribution in [0.15, 0.2) is 28.7 Å². The Bertz CT molecular complexity index is 587. The van der Waals surface area contributed by atoms with Crippen LogP contribution in [0.25, 0.3) is 11.0 Å². The fourth-order valence-electron chi connectivity index (χ4n) is 2.72. The van der Waals surface area contributed by atoms with E-state index >= 15 is 0 Å². The molecule has 1 aliphatic rings. The van der Waals surface area contributed by atoms with Gasteiger partial charge in [0.1, 0.15) is 11.3 Å². The lowest BCUT2D eigenvalue weighted by atomic mass is 9.86. The number of benzene rings is 1. The van der Waals surface area contributed by atoms with Crippen molar-refractivity contribution in [3.63, 3.8) is 0 Å². The van der Waals surface area contributed by atoms with E-state index in [1.807, 2.05) is 7.05 Å². The summed E-state index contributed by atoms with van der Waals surface area (Å²) in [7, 11) is 2.02. The molecule has 2 nitrogen and oxygen atoms in total. The molecule has 0 radical (unpaired) electrons. The van der Waals surface area contributed by atoms with Crippen molar-refractivity contribution in [2.45, 2.75) is 45.1 Å². The molecule has 1 aromatic carbocycles. The largest absolute Gasteiger partial charge is 0.459 e. The first-order chi connectivity index (χ1) is 8.99. The monoisotopic (exact) mass is 257 g/mol. The summed E-state index contributed by atoms with van der Waals surface area (Å²) in [6.45, 7) is 6.74. The third kappa shape index (κ3) is 2.42. The van der Waals surface area contributed by atoms with Gasteiger partial charge in [-0.05, 0) is 55.0 Å². The van der Waals surface area contributed by atoms with Gasteiger partial charge in [-0.3, -0.25) is 0 Å². The zero-order chi connectivity index (χ0) is 13.6. The summed E-state index contributed by atoms with van der Waals surface area (Å²) in [5, 5.41) is 4.62. The summed E-state index contributed by atoms with van der Waals surface area (Å²) < 4.78 is 6.03. The maximum absolute atomic E-state index is 6.03. The van der Waals surface area contributed by atoms with Gasteiger partial charge in [0.05, 0.1) is 6.04 Å². The van der Waals surface area contributed by atoms with Crippen LogP contribution >= 0.6 is 0 Å². The van der Waals surface area contributed by atoms with Crippen LogP contribution in [0.5, 0.6) is 0 Å². The molecular formula is C17H23NO. The van der Waals surface area contributed by atoms with E-state index in [0.29, 0.717) is 6.04 Å². The predicted molar refractivity (Wildman–Crippen MR) is 79.4 cm³/mol. The van der Waals surface area contributed by atoms with Gasteiger partial charge in [0.2, 0.25) is 0 Å². The van der Waals surface area contributed by atoms with Crippen LogP contribution in [-0.2, 0) is 5.41 Å². The van der Waals surface area contributed by atoms with Crippen molar-refractivity contribution in [2.24, 2.45) is 5.92 Å². The lowest BCUT2D eigenvalue weighted by Crippen LogP contribution is -2.17. The smallest absolute Gasteiger partial charge is 0.134 e. The fraction of sp³-hybridized carbons (Fsp3) is 0.529. The standard InChI is InChI=1S/C17H23NO/c1-17(2,3)13-7-8-14-12(9-13)10-15(19-14)16(18-4)11-5-6-11/h7-11,16,18H,5-6H2,1-4H3. The normalized spacial score (nSPS) is 17.9. The molecule has 0 aliphatic heterocycles. The minimum atomic E-state index is 0.185. The molecule has 1 saturated carbocycles. The minimum absolute atomic E-state index is 0.185. The molecule has 1 aliphatic carbocycles. The molecular weight excluding hydrogens is 234 g/mol. The molecule has 0 spiro atoms. The van der Waals surface area contributed by atoms with E-state index in [0.717, 1.165) is 17.3 Å². The average Bonchev–Trinajstić information content (AvgIpc) is 3.07.